The summed E-state index contributed by atoms with van der Waals surface area (Å²) in [6.07, 6.45) is 1.82. The summed E-state index contributed by atoms with van der Waals surface area (Å²) in [5, 5.41) is 0. The van der Waals surface area contributed by atoms with E-state index in [0.29, 0.717) is 50.0 Å². The van der Waals surface area contributed by atoms with Crippen LogP contribution in [0.3, 0.4) is 0 Å². The zero-order valence-corrected chi connectivity index (χ0v) is 22.8. The minimum absolute atomic E-state index is 0.120. The lowest BCUT2D eigenvalue weighted by Gasteiger charge is -2.24. The molecule has 0 N–H and O–H groups in total. The Morgan fingerprint density at radius 3 is 2.73 bits per heavy atom. The number of thiazole rings is 1. The van der Waals surface area contributed by atoms with Crippen LogP contribution in [0.4, 0.5) is 0 Å². The molecule has 3 heterocycles. The van der Waals surface area contributed by atoms with Crippen molar-refractivity contribution >= 4 is 23.4 Å². The van der Waals surface area contributed by atoms with Crippen LogP contribution >= 0.6 is 11.3 Å². The summed E-state index contributed by atoms with van der Waals surface area (Å²) in [5.74, 6) is 1.36. The number of carbonyl (C=O) groups is 1. The molecule has 6 rings (SSSR count). The highest BCUT2D eigenvalue weighted by Gasteiger charge is 2.34. The van der Waals surface area contributed by atoms with Crippen LogP contribution < -0.4 is 29.1 Å². The Kier molecular flexibility index (Phi) is 6.96. The van der Waals surface area contributed by atoms with Crippen molar-refractivity contribution in [3.8, 4) is 17.2 Å². The normalized spacial score (nSPS) is 15.9. The van der Waals surface area contributed by atoms with Crippen LogP contribution in [0.15, 0.2) is 93.9 Å². The second kappa shape index (κ2) is 10.9. The summed E-state index contributed by atoms with van der Waals surface area (Å²) in [5.41, 5.74) is 3.15. The lowest BCUT2D eigenvalue weighted by Crippen LogP contribution is -2.39. The van der Waals surface area contributed by atoms with Gasteiger partial charge in [0.25, 0.3) is 5.56 Å². The molecule has 1 aromatic heterocycles. The number of hydrogen-bond acceptors (Lipinski definition) is 8. The first-order valence-electron chi connectivity index (χ1n) is 12.9. The van der Waals surface area contributed by atoms with Crippen LogP contribution in [-0.4, -0.2) is 23.9 Å². The molecule has 0 fully saturated rings. The van der Waals surface area contributed by atoms with Crippen molar-refractivity contribution < 1.29 is 23.7 Å². The lowest BCUT2D eigenvalue weighted by molar-refractivity contribution is -0.139. The minimum Gasteiger partial charge on any atom is -0.489 e. The number of ether oxygens (including phenoxy) is 4. The van der Waals surface area contributed by atoms with E-state index >= 15 is 0 Å². The first-order chi connectivity index (χ1) is 19.5. The number of rotatable bonds is 7. The summed E-state index contributed by atoms with van der Waals surface area (Å²) in [6.45, 7) is 4.27. The molecule has 0 radical (unpaired) electrons. The number of fused-ring (bicyclic) bond motifs is 2. The van der Waals surface area contributed by atoms with Crippen LogP contribution in [0.25, 0.3) is 6.08 Å². The van der Waals surface area contributed by atoms with E-state index in [0.717, 1.165) is 11.1 Å². The van der Waals surface area contributed by atoms with Gasteiger partial charge in [0.15, 0.2) is 16.3 Å². The Balaban J connectivity index is 1.41. The molecule has 3 aromatic carbocycles. The fourth-order valence-electron chi connectivity index (χ4n) is 4.78. The fraction of sp³-hybridized carbons (Fsp3) is 0.194. The van der Waals surface area contributed by atoms with Crippen LogP contribution in [0.2, 0.25) is 0 Å². The predicted molar refractivity (Wildman–Crippen MR) is 150 cm³/mol. The maximum Gasteiger partial charge on any atom is 0.338 e. The van der Waals surface area contributed by atoms with Crippen molar-refractivity contribution in [3.63, 3.8) is 0 Å². The highest BCUT2D eigenvalue weighted by atomic mass is 32.1. The topological polar surface area (TPSA) is 88.4 Å². The van der Waals surface area contributed by atoms with Gasteiger partial charge in [-0.1, -0.05) is 59.9 Å². The van der Waals surface area contributed by atoms with E-state index in [1.165, 1.54) is 11.3 Å². The maximum absolute atomic E-state index is 13.9. The molecular weight excluding hydrogens is 528 g/mol. The third-order valence-electron chi connectivity index (χ3n) is 6.63. The largest absolute Gasteiger partial charge is 0.489 e. The van der Waals surface area contributed by atoms with Crippen molar-refractivity contribution in [2.75, 3.05) is 13.4 Å². The van der Waals surface area contributed by atoms with Gasteiger partial charge < -0.3 is 18.9 Å². The quantitative estimate of drug-likeness (QED) is 0.320. The molecule has 0 saturated carbocycles. The monoisotopic (exact) mass is 554 g/mol. The standard InChI is InChI=1S/C31H26N2O6S/c1-3-36-30(35)27-19(2)32-31-33(28(27)22-12-13-24-25(16-22)39-18-38-24)29(34)26(40-31)15-21-10-7-11-23(14-21)37-17-20-8-5-4-6-9-20/h4-16,28H,3,17-18H2,1-2H3/b26-15-. The molecule has 8 nitrogen and oxygen atoms in total. The molecule has 2 aliphatic rings. The van der Waals surface area contributed by atoms with E-state index in [9.17, 15) is 9.59 Å². The molecule has 0 aliphatic carbocycles. The highest BCUT2D eigenvalue weighted by molar-refractivity contribution is 7.07. The van der Waals surface area contributed by atoms with Crippen LogP contribution in [0.5, 0.6) is 17.2 Å². The summed E-state index contributed by atoms with van der Waals surface area (Å²) in [4.78, 5) is 32.1. The number of carbonyl (C=O) groups excluding carboxylic acids is 1. The van der Waals surface area contributed by atoms with E-state index in [4.69, 9.17) is 18.9 Å². The Morgan fingerprint density at radius 2 is 1.90 bits per heavy atom. The van der Waals surface area contributed by atoms with E-state index in [1.807, 2.05) is 66.7 Å². The number of aromatic nitrogens is 1. The zero-order chi connectivity index (χ0) is 27.6. The third kappa shape index (κ3) is 4.91. The van der Waals surface area contributed by atoms with Gasteiger partial charge in [0, 0.05) is 0 Å². The second-order valence-corrected chi connectivity index (χ2v) is 10.3. The average molecular weight is 555 g/mol. The number of hydrogen-bond donors (Lipinski definition) is 0. The lowest BCUT2D eigenvalue weighted by atomic mass is 9.95. The fourth-order valence-corrected chi connectivity index (χ4v) is 5.82. The van der Waals surface area contributed by atoms with Crippen molar-refractivity contribution in [2.24, 2.45) is 4.99 Å². The van der Waals surface area contributed by atoms with Gasteiger partial charge >= 0.3 is 5.97 Å². The molecule has 1 atom stereocenters. The number of nitrogens with zero attached hydrogens (tertiary/aromatic N) is 2. The molecule has 9 heteroatoms. The summed E-state index contributed by atoms with van der Waals surface area (Å²) in [7, 11) is 0. The van der Waals surface area contributed by atoms with E-state index in [1.54, 1.807) is 30.5 Å². The summed E-state index contributed by atoms with van der Waals surface area (Å²) >= 11 is 1.27. The first kappa shape index (κ1) is 25.6. The minimum atomic E-state index is -0.729. The molecule has 0 amide bonds. The Bertz CT molecular complexity index is 1810. The van der Waals surface area contributed by atoms with Crippen molar-refractivity contribution in [1.82, 2.24) is 4.57 Å². The van der Waals surface area contributed by atoms with Crippen molar-refractivity contribution in [3.05, 3.63) is 120 Å². The molecule has 0 saturated heterocycles. The Hall–Kier alpha value is -4.63. The van der Waals surface area contributed by atoms with Gasteiger partial charge in [-0.2, -0.15) is 0 Å². The molecule has 1 unspecified atom stereocenters. The van der Waals surface area contributed by atoms with Crippen LogP contribution in [0, 0.1) is 0 Å². The maximum atomic E-state index is 13.9. The van der Waals surface area contributed by atoms with E-state index in [2.05, 4.69) is 4.99 Å². The molecule has 0 bridgehead atoms. The van der Waals surface area contributed by atoms with Gasteiger partial charge in [0.1, 0.15) is 12.4 Å². The zero-order valence-electron chi connectivity index (χ0n) is 22.0. The number of allylic oxidation sites excluding steroid dienone is 1. The van der Waals surface area contributed by atoms with Crippen LogP contribution in [0.1, 0.15) is 36.6 Å². The summed E-state index contributed by atoms with van der Waals surface area (Å²) < 4.78 is 24.4. The molecule has 40 heavy (non-hydrogen) atoms. The number of benzene rings is 3. The molecule has 2 aliphatic heterocycles. The van der Waals surface area contributed by atoms with Gasteiger partial charge in [0.05, 0.1) is 28.5 Å². The average Bonchev–Trinajstić information content (AvgIpc) is 3.55. The first-order valence-corrected chi connectivity index (χ1v) is 13.7. The van der Waals surface area contributed by atoms with E-state index in [-0.39, 0.29) is 19.0 Å². The van der Waals surface area contributed by atoms with Crippen molar-refractivity contribution in [1.29, 1.82) is 0 Å². The SMILES string of the molecule is CCOC(=O)C1=C(C)N=c2s/c(=C\c3cccc(OCc4ccccc4)c3)c(=O)n2C1c1ccc2c(c1)OCO2. The van der Waals surface area contributed by atoms with Crippen molar-refractivity contribution in [2.45, 2.75) is 26.5 Å². The summed E-state index contributed by atoms with van der Waals surface area (Å²) in [6, 6.07) is 22.2. The van der Waals surface area contributed by atoms with Gasteiger partial charge in [-0.05, 0) is 60.9 Å². The van der Waals surface area contributed by atoms with Gasteiger partial charge in [-0.15, -0.1) is 0 Å². The molecule has 0 spiro atoms. The molecular formula is C31H26N2O6S. The Morgan fingerprint density at radius 1 is 1.07 bits per heavy atom. The Labute approximate surface area is 234 Å². The van der Waals surface area contributed by atoms with Crippen LogP contribution in [-0.2, 0) is 16.1 Å². The van der Waals surface area contributed by atoms with Gasteiger partial charge in [-0.3, -0.25) is 9.36 Å². The second-order valence-electron chi connectivity index (χ2n) is 9.26. The van der Waals surface area contributed by atoms with Gasteiger partial charge in [-0.25, -0.2) is 9.79 Å². The van der Waals surface area contributed by atoms with E-state index < -0.39 is 12.0 Å². The van der Waals surface area contributed by atoms with Gasteiger partial charge in [0.2, 0.25) is 6.79 Å². The molecule has 4 aromatic rings. The smallest absolute Gasteiger partial charge is 0.338 e. The predicted octanol–water partition coefficient (Wildman–Crippen LogP) is 4.11. The highest BCUT2D eigenvalue weighted by Crippen LogP contribution is 2.38. The molecule has 202 valence electrons. The third-order valence-corrected chi connectivity index (χ3v) is 7.62. The number of esters is 1.